The average Bonchev–Trinajstić information content (AvgIpc) is 2.53. The van der Waals surface area contributed by atoms with Gasteiger partial charge in [0.25, 0.3) is 0 Å². The van der Waals surface area contributed by atoms with Crippen LogP contribution in [0.4, 0.5) is 26.3 Å². The molecule has 0 aliphatic carbocycles. The van der Waals surface area contributed by atoms with Crippen molar-refractivity contribution in [2.75, 3.05) is 13.1 Å². The summed E-state index contributed by atoms with van der Waals surface area (Å²) in [5, 5.41) is 0. The van der Waals surface area contributed by atoms with Gasteiger partial charge in [0.1, 0.15) is 0 Å². The van der Waals surface area contributed by atoms with Gasteiger partial charge in [0.05, 0.1) is 17.2 Å². The molecule has 0 saturated carbocycles. The summed E-state index contributed by atoms with van der Waals surface area (Å²) in [6, 6.07) is 0.669. The Labute approximate surface area is 155 Å². The smallest absolute Gasteiger partial charge is 0.286 e. The molecule has 0 N–H and O–H groups in total. The molecule has 1 aliphatic heterocycles. The van der Waals surface area contributed by atoms with E-state index in [0.29, 0.717) is 19.0 Å². The molecule has 2 rings (SSSR count). The molecule has 0 radical (unpaired) electrons. The van der Waals surface area contributed by atoms with Crippen LogP contribution in [0.2, 0.25) is 0 Å². The van der Waals surface area contributed by atoms with E-state index in [9.17, 15) is 26.3 Å². The third-order valence-electron chi connectivity index (χ3n) is 5.20. The van der Waals surface area contributed by atoms with Gasteiger partial charge < -0.3 is 0 Å². The van der Waals surface area contributed by atoms with E-state index in [2.05, 4.69) is 26.7 Å². The van der Waals surface area contributed by atoms with E-state index >= 15 is 0 Å². The maximum absolute atomic E-state index is 13.1. The summed E-state index contributed by atoms with van der Waals surface area (Å²) in [4.78, 5) is 1.79. The second kappa shape index (κ2) is 7.38. The zero-order valence-electron chi connectivity index (χ0n) is 15.5. The van der Waals surface area contributed by atoms with Crippen molar-refractivity contribution in [1.82, 2.24) is 4.90 Å². The van der Waals surface area contributed by atoms with Crippen LogP contribution >= 0.6 is 0 Å². The number of piperidine rings is 1. The van der Waals surface area contributed by atoms with Gasteiger partial charge in [0.15, 0.2) is 0 Å². The molecular weight excluding hydrogens is 368 g/mol. The zero-order chi connectivity index (χ0) is 20.6. The molecule has 1 aromatic carbocycles. The average molecular weight is 391 g/mol. The molecule has 1 heterocycles. The number of hydrogen-bond donors (Lipinski definition) is 0. The van der Waals surface area contributed by atoms with Gasteiger partial charge in [-0.2, -0.15) is 26.3 Å². The predicted molar refractivity (Wildman–Crippen MR) is 91.8 cm³/mol. The van der Waals surface area contributed by atoms with Crippen molar-refractivity contribution in [1.29, 1.82) is 0 Å². The van der Waals surface area contributed by atoms with Gasteiger partial charge in [-0.25, -0.2) is 0 Å². The summed E-state index contributed by atoms with van der Waals surface area (Å²) in [6.45, 7) is 7.43. The molecule has 1 saturated heterocycles. The van der Waals surface area contributed by atoms with Crippen LogP contribution in [-0.2, 0) is 12.4 Å². The summed E-state index contributed by atoms with van der Waals surface area (Å²) >= 11 is 0. The first-order chi connectivity index (χ1) is 12.2. The van der Waals surface area contributed by atoms with Gasteiger partial charge in [-0.3, -0.25) is 4.90 Å². The van der Waals surface area contributed by atoms with E-state index in [1.165, 1.54) is 0 Å². The van der Waals surface area contributed by atoms with Gasteiger partial charge in [-0.15, -0.1) is 6.42 Å². The van der Waals surface area contributed by atoms with Gasteiger partial charge in [0.2, 0.25) is 0 Å². The molecule has 1 nitrogen and oxygen atoms in total. The Bertz CT molecular complexity index is 665. The normalized spacial score (nSPS) is 19.0. The van der Waals surface area contributed by atoms with Crippen LogP contribution in [-0.4, -0.2) is 18.0 Å². The van der Waals surface area contributed by atoms with Crippen LogP contribution in [0.1, 0.15) is 56.3 Å². The van der Waals surface area contributed by atoms with Gasteiger partial charge >= 0.3 is 12.4 Å². The molecule has 1 unspecified atom stereocenters. The van der Waals surface area contributed by atoms with Crippen molar-refractivity contribution in [2.45, 2.75) is 52.0 Å². The SMILES string of the molecule is C#CC(c1cc(C(F)(F)F)cc(C(F)(F)F)c1)N1CCC(C(C)(C)C)CC1. The fraction of sp³-hybridized carbons (Fsp3) is 0.600. The molecule has 27 heavy (non-hydrogen) atoms. The lowest BCUT2D eigenvalue weighted by Crippen LogP contribution is -2.39. The number of hydrogen-bond acceptors (Lipinski definition) is 1. The van der Waals surface area contributed by atoms with E-state index in [1.54, 1.807) is 4.90 Å². The van der Waals surface area contributed by atoms with Crippen molar-refractivity contribution in [3.05, 3.63) is 34.9 Å². The largest absolute Gasteiger partial charge is 0.416 e. The first-order valence-corrected chi connectivity index (χ1v) is 8.73. The number of benzene rings is 1. The van der Waals surface area contributed by atoms with Crippen LogP contribution in [0.3, 0.4) is 0 Å². The zero-order valence-corrected chi connectivity index (χ0v) is 15.5. The van der Waals surface area contributed by atoms with Crippen molar-refractivity contribution in [2.24, 2.45) is 11.3 Å². The molecule has 0 amide bonds. The number of rotatable bonds is 2. The van der Waals surface area contributed by atoms with Crippen molar-refractivity contribution in [3.8, 4) is 12.3 Å². The monoisotopic (exact) mass is 391 g/mol. The first-order valence-electron chi connectivity index (χ1n) is 8.73. The number of likely N-dealkylation sites (tertiary alicyclic amines) is 1. The number of halogens is 6. The van der Waals surface area contributed by atoms with Crippen LogP contribution < -0.4 is 0 Å². The topological polar surface area (TPSA) is 3.24 Å². The summed E-state index contributed by atoms with van der Waals surface area (Å²) in [5.41, 5.74) is -2.72. The maximum atomic E-state index is 13.1. The van der Waals surface area contributed by atoms with E-state index in [4.69, 9.17) is 6.42 Å². The maximum Gasteiger partial charge on any atom is 0.416 e. The molecule has 150 valence electrons. The number of nitrogens with zero attached hydrogens (tertiary/aromatic N) is 1. The second-order valence-corrected chi connectivity index (χ2v) is 8.08. The molecule has 0 bridgehead atoms. The molecule has 1 atom stereocenters. The van der Waals surface area contributed by atoms with Gasteiger partial charge in [-0.1, -0.05) is 26.7 Å². The Morgan fingerprint density at radius 1 is 0.926 bits per heavy atom. The quantitative estimate of drug-likeness (QED) is 0.431. The highest BCUT2D eigenvalue weighted by molar-refractivity contribution is 5.38. The molecule has 1 fully saturated rings. The lowest BCUT2D eigenvalue weighted by Gasteiger charge is -2.40. The summed E-state index contributed by atoms with van der Waals surface area (Å²) in [5.74, 6) is 2.82. The summed E-state index contributed by atoms with van der Waals surface area (Å²) < 4.78 is 78.6. The summed E-state index contributed by atoms with van der Waals surface area (Å²) in [7, 11) is 0. The Morgan fingerprint density at radius 2 is 1.37 bits per heavy atom. The third kappa shape index (κ3) is 5.19. The van der Waals surface area contributed by atoms with Crippen molar-refractivity contribution in [3.63, 3.8) is 0 Å². The number of alkyl halides is 6. The first kappa shape index (κ1) is 21.6. The lowest BCUT2D eigenvalue weighted by molar-refractivity contribution is -0.143. The Balaban J connectivity index is 2.36. The molecule has 1 aliphatic rings. The van der Waals surface area contributed by atoms with Crippen LogP contribution in [0, 0.1) is 23.7 Å². The highest BCUT2D eigenvalue weighted by Crippen LogP contribution is 2.40. The molecule has 0 aromatic heterocycles. The summed E-state index contributed by atoms with van der Waals surface area (Å²) in [6.07, 6.45) is -2.64. The lowest BCUT2D eigenvalue weighted by atomic mass is 9.75. The number of terminal acetylenes is 1. The van der Waals surface area contributed by atoms with Crippen LogP contribution in [0.25, 0.3) is 0 Å². The van der Waals surface area contributed by atoms with Gasteiger partial charge in [-0.05, 0) is 61.0 Å². The van der Waals surface area contributed by atoms with Gasteiger partial charge in [0, 0.05) is 0 Å². The Morgan fingerprint density at radius 3 is 1.70 bits per heavy atom. The molecule has 1 aromatic rings. The molecule has 0 spiro atoms. The van der Waals surface area contributed by atoms with Crippen LogP contribution in [0.15, 0.2) is 18.2 Å². The fourth-order valence-electron chi connectivity index (χ4n) is 3.57. The second-order valence-electron chi connectivity index (χ2n) is 8.08. The minimum Gasteiger partial charge on any atom is -0.286 e. The predicted octanol–water partition coefficient (Wildman–Crippen LogP) is 6.16. The highest BCUT2D eigenvalue weighted by Gasteiger charge is 2.38. The fourth-order valence-corrected chi connectivity index (χ4v) is 3.57. The van der Waals surface area contributed by atoms with Crippen molar-refractivity contribution < 1.29 is 26.3 Å². The van der Waals surface area contributed by atoms with Crippen LogP contribution in [0.5, 0.6) is 0 Å². The Hall–Kier alpha value is -1.68. The minimum absolute atomic E-state index is 0.0946. The molecular formula is C20H23F6N. The third-order valence-corrected chi connectivity index (χ3v) is 5.20. The van der Waals surface area contributed by atoms with E-state index in [1.807, 2.05) is 0 Å². The van der Waals surface area contributed by atoms with E-state index < -0.39 is 29.5 Å². The minimum atomic E-state index is -4.88. The highest BCUT2D eigenvalue weighted by atomic mass is 19.4. The van der Waals surface area contributed by atoms with Crippen molar-refractivity contribution >= 4 is 0 Å². The standard InChI is InChI=1S/C20H23F6N/c1-5-17(27-8-6-14(7-9-27)18(2,3)4)13-10-15(19(21,22)23)12-16(11-13)20(24,25)26/h1,10-12,14,17H,6-9H2,2-4H3. The van der Waals surface area contributed by atoms with E-state index in [0.717, 1.165) is 25.0 Å². The molecule has 7 heteroatoms. The Kier molecular flexibility index (Phi) is 5.91. The van der Waals surface area contributed by atoms with E-state index in [-0.39, 0.29) is 17.0 Å².